The second-order valence-corrected chi connectivity index (χ2v) is 7.10. The first-order chi connectivity index (χ1) is 12.7. The number of piperidine rings is 1. The highest BCUT2D eigenvalue weighted by Crippen LogP contribution is 2.37. The standard InChI is InChI=1S/C21H19N3O2/c1-13-9-10-16-17(18(13)23-11-5-2-6-12-23)19(25)20-22-15-8-4-3-7-14(15)21(26)24(16)20/h3-4,7-10H,2,5-6,11-12H2,1H3. The van der Waals surface area contributed by atoms with Crippen molar-refractivity contribution < 1.29 is 4.79 Å². The van der Waals surface area contributed by atoms with Crippen LogP contribution in [0.3, 0.4) is 0 Å². The average Bonchev–Trinajstić information content (AvgIpc) is 2.95. The topological polar surface area (TPSA) is 55.2 Å². The quantitative estimate of drug-likeness (QED) is 0.531. The number of carbonyl (C=O) groups excluding carboxylic acids is 1. The highest BCUT2D eigenvalue weighted by Gasteiger charge is 2.35. The molecule has 2 aliphatic rings. The molecule has 0 spiro atoms. The Morgan fingerprint density at radius 3 is 2.54 bits per heavy atom. The van der Waals surface area contributed by atoms with Crippen LogP contribution in [-0.4, -0.2) is 28.4 Å². The number of carbonyl (C=O) groups is 1. The van der Waals surface area contributed by atoms with Crippen LogP contribution in [0.25, 0.3) is 16.6 Å². The van der Waals surface area contributed by atoms with E-state index in [4.69, 9.17) is 0 Å². The molecule has 3 aromatic rings. The fourth-order valence-electron chi connectivity index (χ4n) is 4.24. The van der Waals surface area contributed by atoms with E-state index in [0.29, 0.717) is 22.2 Å². The van der Waals surface area contributed by atoms with Crippen LogP contribution in [0.2, 0.25) is 0 Å². The molecule has 0 bridgehead atoms. The van der Waals surface area contributed by atoms with E-state index in [1.807, 2.05) is 31.2 Å². The number of hydrogen-bond acceptors (Lipinski definition) is 4. The Morgan fingerprint density at radius 2 is 1.73 bits per heavy atom. The van der Waals surface area contributed by atoms with Gasteiger partial charge in [0.05, 0.1) is 27.8 Å². The van der Waals surface area contributed by atoms with Crippen molar-refractivity contribution in [3.05, 3.63) is 63.7 Å². The van der Waals surface area contributed by atoms with E-state index in [1.165, 1.54) is 11.0 Å². The van der Waals surface area contributed by atoms with Crippen LogP contribution < -0.4 is 10.5 Å². The lowest BCUT2D eigenvalue weighted by Crippen LogP contribution is -2.31. The molecule has 5 nitrogen and oxygen atoms in total. The number of aromatic nitrogens is 2. The van der Waals surface area contributed by atoms with Gasteiger partial charge in [-0.2, -0.15) is 0 Å². The predicted octanol–water partition coefficient (Wildman–Crippen LogP) is 3.23. The van der Waals surface area contributed by atoms with E-state index in [2.05, 4.69) is 9.88 Å². The molecule has 1 fully saturated rings. The summed E-state index contributed by atoms with van der Waals surface area (Å²) in [6, 6.07) is 11.1. The number of aryl methyl sites for hydroxylation is 1. The summed E-state index contributed by atoms with van der Waals surface area (Å²) < 4.78 is 1.49. The van der Waals surface area contributed by atoms with Crippen LogP contribution in [0.15, 0.2) is 41.2 Å². The van der Waals surface area contributed by atoms with Crippen molar-refractivity contribution in [1.29, 1.82) is 0 Å². The lowest BCUT2D eigenvalue weighted by molar-refractivity contribution is 0.103. The Hall–Kier alpha value is -2.95. The second kappa shape index (κ2) is 5.53. The Kier molecular flexibility index (Phi) is 3.26. The normalized spacial score (nSPS) is 16.0. The number of nitrogens with zero attached hydrogens (tertiary/aromatic N) is 3. The maximum atomic E-state index is 13.3. The zero-order chi connectivity index (χ0) is 17.8. The van der Waals surface area contributed by atoms with Crippen molar-refractivity contribution in [2.75, 3.05) is 18.0 Å². The number of fused-ring (bicyclic) bond motifs is 4. The van der Waals surface area contributed by atoms with Crippen LogP contribution in [-0.2, 0) is 0 Å². The molecule has 0 radical (unpaired) electrons. The molecular weight excluding hydrogens is 326 g/mol. The zero-order valence-corrected chi connectivity index (χ0v) is 14.7. The second-order valence-electron chi connectivity index (χ2n) is 7.10. The minimum atomic E-state index is -0.175. The summed E-state index contributed by atoms with van der Waals surface area (Å²) in [7, 11) is 0. The number of para-hydroxylation sites is 1. The molecule has 0 amide bonds. The molecule has 0 atom stereocenters. The van der Waals surface area contributed by atoms with Gasteiger partial charge < -0.3 is 4.90 Å². The van der Waals surface area contributed by atoms with E-state index >= 15 is 0 Å². The maximum absolute atomic E-state index is 13.3. The van der Waals surface area contributed by atoms with Crippen molar-refractivity contribution in [2.45, 2.75) is 26.2 Å². The molecule has 0 unspecified atom stereocenters. The monoisotopic (exact) mass is 345 g/mol. The van der Waals surface area contributed by atoms with E-state index in [0.717, 1.165) is 37.2 Å². The van der Waals surface area contributed by atoms with Gasteiger partial charge in [0.2, 0.25) is 5.78 Å². The van der Waals surface area contributed by atoms with E-state index in [-0.39, 0.29) is 17.2 Å². The summed E-state index contributed by atoms with van der Waals surface area (Å²) >= 11 is 0. The Balaban J connectivity index is 1.81. The van der Waals surface area contributed by atoms with Crippen molar-refractivity contribution in [2.24, 2.45) is 0 Å². The van der Waals surface area contributed by atoms with Crippen LogP contribution in [0.4, 0.5) is 5.69 Å². The van der Waals surface area contributed by atoms with Crippen molar-refractivity contribution >= 4 is 22.4 Å². The van der Waals surface area contributed by atoms with Crippen LogP contribution in [0.5, 0.6) is 0 Å². The Bertz CT molecular complexity index is 1120. The van der Waals surface area contributed by atoms with Crippen molar-refractivity contribution in [3.8, 4) is 5.69 Å². The van der Waals surface area contributed by atoms with Gasteiger partial charge in [-0.05, 0) is 49.9 Å². The highest BCUT2D eigenvalue weighted by molar-refractivity contribution is 6.17. The Morgan fingerprint density at radius 1 is 0.962 bits per heavy atom. The number of anilines is 1. The molecule has 5 heteroatoms. The summed E-state index contributed by atoms with van der Waals surface area (Å²) in [6.07, 6.45) is 3.49. The van der Waals surface area contributed by atoms with Gasteiger partial charge in [-0.15, -0.1) is 0 Å². The molecule has 0 N–H and O–H groups in total. The largest absolute Gasteiger partial charge is 0.371 e. The first-order valence-electron chi connectivity index (χ1n) is 9.12. The minimum absolute atomic E-state index is 0.146. The molecule has 26 heavy (non-hydrogen) atoms. The molecule has 2 aromatic carbocycles. The molecule has 130 valence electrons. The van der Waals surface area contributed by atoms with Crippen LogP contribution in [0.1, 0.15) is 41.0 Å². The predicted molar refractivity (Wildman–Crippen MR) is 102 cm³/mol. The van der Waals surface area contributed by atoms with Gasteiger partial charge in [0.1, 0.15) is 0 Å². The van der Waals surface area contributed by atoms with Gasteiger partial charge in [-0.25, -0.2) is 4.98 Å². The third-order valence-corrected chi connectivity index (χ3v) is 5.48. The summed E-state index contributed by atoms with van der Waals surface area (Å²) in [5.41, 5.74) is 3.74. The van der Waals surface area contributed by atoms with E-state index in [9.17, 15) is 9.59 Å². The lowest BCUT2D eigenvalue weighted by atomic mass is 10.0. The van der Waals surface area contributed by atoms with Crippen LogP contribution >= 0.6 is 0 Å². The highest BCUT2D eigenvalue weighted by atomic mass is 16.1. The summed E-state index contributed by atoms with van der Waals surface area (Å²) in [5, 5.41) is 0.539. The number of ketones is 1. The van der Waals surface area contributed by atoms with Gasteiger partial charge in [0.15, 0.2) is 5.82 Å². The van der Waals surface area contributed by atoms with E-state index in [1.54, 1.807) is 12.1 Å². The number of hydrogen-bond donors (Lipinski definition) is 0. The van der Waals surface area contributed by atoms with Gasteiger partial charge in [0, 0.05) is 13.1 Å². The average molecular weight is 345 g/mol. The zero-order valence-electron chi connectivity index (χ0n) is 14.7. The molecular formula is C21H19N3O2. The van der Waals surface area contributed by atoms with Crippen LogP contribution in [0, 0.1) is 6.92 Å². The van der Waals surface area contributed by atoms with Gasteiger partial charge in [-0.3, -0.25) is 14.2 Å². The third kappa shape index (κ3) is 2.00. The minimum Gasteiger partial charge on any atom is -0.371 e. The molecule has 1 aromatic heterocycles. The molecule has 1 saturated heterocycles. The van der Waals surface area contributed by atoms with Gasteiger partial charge >= 0.3 is 0 Å². The number of benzene rings is 2. The first kappa shape index (κ1) is 15.3. The Labute approximate surface area is 150 Å². The summed E-state index contributed by atoms with van der Waals surface area (Å²) in [6.45, 7) is 3.93. The third-order valence-electron chi connectivity index (χ3n) is 5.48. The smallest absolute Gasteiger partial charge is 0.266 e. The lowest BCUT2D eigenvalue weighted by Gasteiger charge is -2.31. The molecule has 5 rings (SSSR count). The SMILES string of the molecule is Cc1ccc2c(c1N1CCCCC1)C(=O)c1nc3ccccc3c(=O)n1-2. The number of rotatable bonds is 1. The summed E-state index contributed by atoms with van der Waals surface area (Å²) in [4.78, 5) is 33.1. The van der Waals surface area contributed by atoms with Gasteiger partial charge in [-0.1, -0.05) is 18.2 Å². The molecule has 2 aliphatic heterocycles. The fourth-order valence-corrected chi connectivity index (χ4v) is 4.24. The van der Waals surface area contributed by atoms with Crippen molar-refractivity contribution in [3.63, 3.8) is 0 Å². The molecule has 3 heterocycles. The van der Waals surface area contributed by atoms with E-state index < -0.39 is 0 Å². The summed E-state index contributed by atoms with van der Waals surface area (Å²) in [5.74, 6) is 0.0830. The van der Waals surface area contributed by atoms with Crippen molar-refractivity contribution in [1.82, 2.24) is 9.55 Å². The van der Waals surface area contributed by atoms with Gasteiger partial charge in [0.25, 0.3) is 5.56 Å². The first-order valence-corrected chi connectivity index (χ1v) is 9.12. The fraction of sp³-hybridized carbons (Fsp3) is 0.286. The molecule has 0 saturated carbocycles. The molecule has 0 aliphatic carbocycles. The maximum Gasteiger partial charge on any atom is 0.266 e.